The van der Waals surface area contributed by atoms with Gasteiger partial charge in [0.2, 0.25) is 0 Å². The Kier molecular flexibility index (Phi) is 2.92. The predicted molar refractivity (Wildman–Crippen MR) is 46.4 cm³/mol. The van der Waals surface area contributed by atoms with E-state index in [1.807, 2.05) is 0 Å². The molecule has 0 amide bonds. The molecular formula is C8H10ClNO2. The lowest BCUT2D eigenvalue weighted by molar-refractivity contribution is -0.0735. The maximum absolute atomic E-state index is 9.29. The topological polar surface area (TPSA) is 43.7 Å². The number of benzene rings is 1. The standard InChI is InChI=1S/C8H10ClNO2/c1-10(12)5-6-4-7(9)2-3-8(6)11/h2-4,11-12H,5H2,1H3. The quantitative estimate of drug-likeness (QED) is 0.695. The van der Waals surface area contributed by atoms with Crippen molar-refractivity contribution >= 4 is 11.6 Å². The number of rotatable bonds is 2. The molecule has 66 valence electrons. The third-order valence-electron chi connectivity index (χ3n) is 1.44. The molecule has 0 saturated heterocycles. The number of hydroxylamine groups is 2. The molecule has 1 aromatic carbocycles. The van der Waals surface area contributed by atoms with Gasteiger partial charge in [-0.15, -0.1) is 0 Å². The molecule has 3 nitrogen and oxygen atoms in total. The van der Waals surface area contributed by atoms with Crippen molar-refractivity contribution in [2.75, 3.05) is 7.05 Å². The van der Waals surface area contributed by atoms with Gasteiger partial charge in [-0.05, 0) is 18.2 Å². The average molecular weight is 188 g/mol. The molecule has 1 rings (SSSR count). The van der Waals surface area contributed by atoms with Crippen LogP contribution in [0.25, 0.3) is 0 Å². The fourth-order valence-electron chi connectivity index (χ4n) is 0.927. The fraction of sp³-hybridized carbons (Fsp3) is 0.250. The summed E-state index contributed by atoms with van der Waals surface area (Å²) in [6.45, 7) is 0.256. The summed E-state index contributed by atoms with van der Waals surface area (Å²) in [6, 6.07) is 4.71. The van der Waals surface area contributed by atoms with Crippen molar-refractivity contribution in [3.63, 3.8) is 0 Å². The monoisotopic (exact) mass is 187 g/mol. The van der Waals surface area contributed by atoms with Gasteiger partial charge in [-0.25, -0.2) is 0 Å². The van der Waals surface area contributed by atoms with Gasteiger partial charge in [-0.1, -0.05) is 11.6 Å². The molecule has 1 aromatic rings. The van der Waals surface area contributed by atoms with Crippen LogP contribution in [0.1, 0.15) is 5.56 Å². The Hall–Kier alpha value is -0.770. The van der Waals surface area contributed by atoms with Crippen LogP contribution in [0, 0.1) is 0 Å². The van der Waals surface area contributed by atoms with Gasteiger partial charge in [0.05, 0.1) is 6.54 Å². The molecule has 0 fully saturated rings. The second-order valence-electron chi connectivity index (χ2n) is 2.59. The van der Waals surface area contributed by atoms with E-state index in [0.29, 0.717) is 10.6 Å². The molecular weight excluding hydrogens is 178 g/mol. The lowest BCUT2D eigenvalue weighted by Crippen LogP contribution is -2.11. The zero-order chi connectivity index (χ0) is 9.14. The zero-order valence-electron chi connectivity index (χ0n) is 6.66. The summed E-state index contributed by atoms with van der Waals surface area (Å²) in [6.07, 6.45) is 0. The Morgan fingerprint density at radius 1 is 1.50 bits per heavy atom. The molecule has 12 heavy (non-hydrogen) atoms. The molecule has 0 aliphatic carbocycles. The summed E-state index contributed by atoms with van der Waals surface area (Å²) < 4.78 is 0. The summed E-state index contributed by atoms with van der Waals surface area (Å²) in [5.41, 5.74) is 0.604. The Bertz CT molecular complexity index is 276. The number of nitrogens with zero attached hydrogens (tertiary/aromatic N) is 1. The van der Waals surface area contributed by atoms with E-state index in [9.17, 15) is 5.11 Å². The number of hydrogen-bond acceptors (Lipinski definition) is 3. The van der Waals surface area contributed by atoms with Crippen molar-refractivity contribution in [3.8, 4) is 5.75 Å². The molecule has 0 saturated carbocycles. The minimum Gasteiger partial charge on any atom is -0.508 e. The van der Waals surface area contributed by atoms with Gasteiger partial charge in [0, 0.05) is 17.6 Å². The van der Waals surface area contributed by atoms with E-state index in [0.717, 1.165) is 5.06 Å². The molecule has 0 heterocycles. The van der Waals surface area contributed by atoms with Crippen LogP contribution < -0.4 is 0 Å². The number of halogens is 1. The predicted octanol–water partition coefficient (Wildman–Crippen LogP) is 1.87. The first kappa shape index (κ1) is 9.32. The van der Waals surface area contributed by atoms with Crippen LogP contribution in [0.4, 0.5) is 0 Å². The first-order chi connectivity index (χ1) is 5.59. The molecule has 0 aliphatic heterocycles. The molecule has 0 spiro atoms. The summed E-state index contributed by atoms with van der Waals surface area (Å²) in [5.74, 6) is 0.139. The largest absolute Gasteiger partial charge is 0.508 e. The lowest BCUT2D eigenvalue weighted by atomic mass is 10.2. The molecule has 0 aliphatic rings. The number of hydrogen-bond donors (Lipinski definition) is 2. The van der Waals surface area contributed by atoms with Crippen molar-refractivity contribution in [3.05, 3.63) is 28.8 Å². The Labute approximate surface area is 75.8 Å². The SMILES string of the molecule is CN(O)Cc1cc(Cl)ccc1O. The van der Waals surface area contributed by atoms with Crippen LogP contribution in [0.2, 0.25) is 5.02 Å². The highest BCUT2D eigenvalue weighted by molar-refractivity contribution is 6.30. The van der Waals surface area contributed by atoms with Crippen LogP contribution in [0.3, 0.4) is 0 Å². The van der Waals surface area contributed by atoms with E-state index < -0.39 is 0 Å². The van der Waals surface area contributed by atoms with Crippen molar-refractivity contribution in [1.82, 2.24) is 5.06 Å². The minimum absolute atomic E-state index is 0.139. The van der Waals surface area contributed by atoms with E-state index in [4.69, 9.17) is 16.8 Å². The average Bonchev–Trinajstić information content (AvgIpc) is 1.96. The van der Waals surface area contributed by atoms with Gasteiger partial charge < -0.3 is 10.3 Å². The van der Waals surface area contributed by atoms with Gasteiger partial charge in [0.15, 0.2) is 0 Å². The van der Waals surface area contributed by atoms with Crippen molar-refractivity contribution in [2.45, 2.75) is 6.54 Å². The Balaban J connectivity index is 2.90. The van der Waals surface area contributed by atoms with Gasteiger partial charge in [-0.3, -0.25) is 0 Å². The maximum Gasteiger partial charge on any atom is 0.120 e. The van der Waals surface area contributed by atoms with Crippen LogP contribution in [0.5, 0.6) is 5.75 Å². The van der Waals surface area contributed by atoms with Gasteiger partial charge in [0.25, 0.3) is 0 Å². The highest BCUT2D eigenvalue weighted by atomic mass is 35.5. The Morgan fingerprint density at radius 3 is 2.75 bits per heavy atom. The number of aromatic hydroxyl groups is 1. The fourth-order valence-corrected chi connectivity index (χ4v) is 1.12. The summed E-state index contributed by atoms with van der Waals surface area (Å²) in [7, 11) is 1.50. The number of phenolic OH excluding ortho intramolecular Hbond substituents is 1. The lowest BCUT2D eigenvalue weighted by Gasteiger charge is -2.09. The van der Waals surface area contributed by atoms with E-state index >= 15 is 0 Å². The molecule has 4 heteroatoms. The van der Waals surface area contributed by atoms with Crippen molar-refractivity contribution in [1.29, 1.82) is 0 Å². The van der Waals surface area contributed by atoms with Crippen LogP contribution in [-0.4, -0.2) is 22.4 Å². The van der Waals surface area contributed by atoms with Crippen LogP contribution in [0.15, 0.2) is 18.2 Å². The molecule has 0 atom stereocenters. The first-order valence-electron chi connectivity index (χ1n) is 3.47. The third kappa shape index (κ3) is 2.37. The van der Waals surface area contributed by atoms with Crippen LogP contribution in [-0.2, 0) is 6.54 Å². The van der Waals surface area contributed by atoms with E-state index in [1.54, 1.807) is 12.1 Å². The van der Waals surface area contributed by atoms with E-state index in [1.165, 1.54) is 13.1 Å². The van der Waals surface area contributed by atoms with Gasteiger partial charge >= 0.3 is 0 Å². The molecule has 0 aromatic heterocycles. The first-order valence-corrected chi connectivity index (χ1v) is 3.85. The van der Waals surface area contributed by atoms with Crippen molar-refractivity contribution in [2.24, 2.45) is 0 Å². The normalized spacial score (nSPS) is 10.7. The van der Waals surface area contributed by atoms with Crippen molar-refractivity contribution < 1.29 is 10.3 Å². The van der Waals surface area contributed by atoms with Gasteiger partial charge in [-0.2, -0.15) is 5.06 Å². The second-order valence-corrected chi connectivity index (χ2v) is 3.03. The zero-order valence-corrected chi connectivity index (χ0v) is 7.41. The molecule has 0 bridgehead atoms. The third-order valence-corrected chi connectivity index (χ3v) is 1.68. The van der Waals surface area contributed by atoms with Crippen LogP contribution >= 0.6 is 11.6 Å². The smallest absolute Gasteiger partial charge is 0.120 e. The second kappa shape index (κ2) is 3.76. The van der Waals surface area contributed by atoms with Gasteiger partial charge in [0.1, 0.15) is 5.75 Å². The highest BCUT2D eigenvalue weighted by Gasteiger charge is 2.03. The summed E-state index contributed by atoms with van der Waals surface area (Å²) in [4.78, 5) is 0. The number of phenols is 1. The summed E-state index contributed by atoms with van der Waals surface area (Å²) >= 11 is 5.69. The minimum atomic E-state index is 0.139. The molecule has 0 unspecified atom stereocenters. The van der Waals surface area contributed by atoms with E-state index in [-0.39, 0.29) is 12.3 Å². The highest BCUT2D eigenvalue weighted by Crippen LogP contribution is 2.21. The molecule has 2 N–H and O–H groups in total. The summed E-state index contributed by atoms with van der Waals surface area (Å²) in [5, 5.41) is 19.7. The Morgan fingerprint density at radius 2 is 2.17 bits per heavy atom. The molecule has 0 radical (unpaired) electrons. The maximum atomic E-state index is 9.29. The van der Waals surface area contributed by atoms with E-state index in [2.05, 4.69) is 0 Å².